The van der Waals surface area contributed by atoms with Gasteiger partial charge in [0.15, 0.2) is 0 Å². The molecule has 0 radical (unpaired) electrons. The van der Waals surface area contributed by atoms with Crippen LogP contribution in [0.1, 0.15) is 73.6 Å². The molecule has 1 saturated carbocycles. The lowest BCUT2D eigenvalue weighted by Gasteiger charge is -2.25. The van der Waals surface area contributed by atoms with Crippen molar-refractivity contribution in [2.75, 3.05) is 0 Å². The minimum absolute atomic E-state index is 0.401. The highest BCUT2D eigenvalue weighted by Gasteiger charge is 2.22. The molecular weight excluding hydrogens is 184 g/mol. The maximum Gasteiger partial charge on any atom is 0.132 e. The molecule has 0 atom stereocenters. The molecule has 0 bridgehead atoms. The number of hydrogen-bond acceptors (Lipinski definition) is 1. The van der Waals surface area contributed by atoms with E-state index in [1.54, 1.807) is 6.92 Å². The second-order valence-corrected chi connectivity index (χ2v) is 3.74. The fourth-order valence-electron chi connectivity index (χ4n) is 1.98. The Labute approximate surface area is 96.7 Å². The maximum atomic E-state index is 11.0. The van der Waals surface area contributed by atoms with Crippen molar-refractivity contribution in [3.8, 4) is 0 Å². The zero-order chi connectivity index (χ0) is 12.3. The molecule has 0 amide bonds. The number of carbonyl (C=O) groups excluding carboxylic acids is 1. The number of hydrogen-bond donors (Lipinski definition) is 0. The van der Waals surface area contributed by atoms with E-state index in [-0.39, 0.29) is 0 Å². The summed E-state index contributed by atoms with van der Waals surface area (Å²) in [6, 6.07) is 0. The lowest BCUT2D eigenvalue weighted by Crippen LogP contribution is -2.19. The molecule has 0 aromatic carbocycles. The highest BCUT2D eigenvalue weighted by atomic mass is 16.1. The molecule has 15 heavy (non-hydrogen) atoms. The first kappa shape index (κ1) is 17.1. The van der Waals surface area contributed by atoms with Crippen LogP contribution in [-0.2, 0) is 4.79 Å². The zero-order valence-corrected chi connectivity index (χ0v) is 11.6. The van der Waals surface area contributed by atoms with Crippen molar-refractivity contribution < 1.29 is 4.79 Å². The number of carbonyl (C=O) groups is 1. The molecule has 0 heterocycles. The Kier molecular flexibility index (Phi) is 13.4. The van der Waals surface area contributed by atoms with Crippen LogP contribution in [0.5, 0.6) is 0 Å². The molecule has 0 aromatic rings. The SMILES string of the molecule is CC.CC.CCC1CCC(C(C)=O)CC1. The van der Waals surface area contributed by atoms with Crippen LogP contribution in [0.25, 0.3) is 0 Å². The maximum absolute atomic E-state index is 11.0. The Bertz CT molecular complexity index is 132. The van der Waals surface area contributed by atoms with Crippen LogP contribution in [-0.4, -0.2) is 5.78 Å². The predicted octanol–water partition coefficient (Wildman–Crippen LogP) is 4.84. The van der Waals surface area contributed by atoms with E-state index >= 15 is 0 Å². The summed E-state index contributed by atoms with van der Waals surface area (Å²) in [5.41, 5.74) is 0. The monoisotopic (exact) mass is 214 g/mol. The van der Waals surface area contributed by atoms with Gasteiger partial charge in [-0.3, -0.25) is 4.79 Å². The highest BCUT2D eigenvalue weighted by molar-refractivity contribution is 5.78. The van der Waals surface area contributed by atoms with E-state index in [0.29, 0.717) is 11.7 Å². The average molecular weight is 214 g/mol. The van der Waals surface area contributed by atoms with Crippen LogP contribution < -0.4 is 0 Å². The lowest BCUT2D eigenvalue weighted by molar-refractivity contribution is -0.121. The van der Waals surface area contributed by atoms with Gasteiger partial charge in [-0.25, -0.2) is 0 Å². The van der Waals surface area contributed by atoms with Gasteiger partial charge in [-0.05, 0) is 38.5 Å². The smallest absolute Gasteiger partial charge is 0.132 e. The van der Waals surface area contributed by atoms with E-state index in [2.05, 4.69) is 6.92 Å². The molecule has 0 N–H and O–H groups in total. The first-order chi connectivity index (χ1) is 7.24. The highest BCUT2D eigenvalue weighted by Crippen LogP contribution is 2.30. The van der Waals surface area contributed by atoms with Crippen molar-refractivity contribution in [3.63, 3.8) is 0 Å². The number of ketones is 1. The van der Waals surface area contributed by atoms with E-state index in [4.69, 9.17) is 0 Å². The van der Waals surface area contributed by atoms with E-state index in [0.717, 1.165) is 18.8 Å². The standard InChI is InChI=1S/C10H18O.2C2H6/c1-3-9-4-6-10(7-5-9)8(2)11;2*1-2/h9-10H,3-7H2,1-2H3;2*1-2H3. The Morgan fingerprint density at radius 1 is 1.00 bits per heavy atom. The van der Waals surface area contributed by atoms with E-state index < -0.39 is 0 Å². The van der Waals surface area contributed by atoms with Crippen LogP contribution in [0.4, 0.5) is 0 Å². The second-order valence-electron chi connectivity index (χ2n) is 3.74. The van der Waals surface area contributed by atoms with Gasteiger partial charge in [0, 0.05) is 5.92 Å². The Morgan fingerprint density at radius 2 is 1.40 bits per heavy atom. The van der Waals surface area contributed by atoms with Crippen LogP contribution in [0.3, 0.4) is 0 Å². The minimum atomic E-state index is 0.401. The van der Waals surface area contributed by atoms with Crippen molar-refractivity contribution in [3.05, 3.63) is 0 Å². The predicted molar refractivity (Wildman–Crippen MR) is 69.1 cm³/mol. The second kappa shape index (κ2) is 11.7. The molecule has 1 rings (SSSR count). The Hall–Kier alpha value is -0.330. The molecule has 0 spiro atoms. The van der Waals surface area contributed by atoms with Crippen molar-refractivity contribution >= 4 is 5.78 Å². The summed E-state index contributed by atoms with van der Waals surface area (Å²) in [5.74, 6) is 1.71. The molecule has 1 fully saturated rings. The van der Waals surface area contributed by atoms with Gasteiger partial charge in [0.05, 0.1) is 0 Å². The third-order valence-electron chi connectivity index (χ3n) is 3.00. The quantitative estimate of drug-likeness (QED) is 0.642. The Morgan fingerprint density at radius 3 is 1.67 bits per heavy atom. The zero-order valence-electron chi connectivity index (χ0n) is 11.6. The summed E-state index contributed by atoms with van der Waals surface area (Å²) in [4.78, 5) is 11.0. The summed E-state index contributed by atoms with van der Waals surface area (Å²) < 4.78 is 0. The summed E-state index contributed by atoms with van der Waals surface area (Å²) in [7, 11) is 0. The molecule has 0 unspecified atom stereocenters. The van der Waals surface area contributed by atoms with Gasteiger partial charge in [-0.2, -0.15) is 0 Å². The van der Waals surface area contributed by atoms with Gasteiger partial charge in [-0.1, -0.05) is 41.0 Å². The van der Waals surface area contributed by atoms with E-state index in [1.165, 1.54) is 19.3 Å². The topological polar surface area (TPSA) is 17.1 Å². The molecule has 1 aliphatic carbocycles. The summed E-state index contributed by atoms with van der Waals surface area (Å²) in [6.07, 6.45) is 6.15. The molecule has 1 heteroatoms. The Balaban J connectivity index is 0. The largest absolute Gasteiger partial charge is 0.300 e. The summed E-state index contributed by atoms with van der Waals surface area (Å²) >= 11 is 0. The number of Topliss-reactive ketones (excluding diaryl/α,β-unsaturated/α-hetero) is 1. The van der Waals surface area contributed by atoms with Crippen LogP contribution in [0, 0.1) is 11.8 Å². The first-order valence-electron chi connectivity index (χ1n) is 6.74. The summed E-state index contributed by atoms with van der Waals surface area (Å²) in [5, 5.41) is 0. The molecule has 1 nitrogen and oxygen atoms in total. The van der Waals surface area contributed by atoms with Gasteiger partial charge in [0.25, 0.3) is 0 Å². The molecule has 0 saturated heterocycles. The van der Waals surface area contributed by atoms with E-state index in [9.17, 15) is 4.79 Å². The first-order valence-corrected chi connectivity index (χ1v) is 6.74. The third kappa shape index (κ3) is 7.58. The fourth-order valence-corrected chi connectivity index (χ4v) is 1.98. The third-order valence-corrected chi connectivity index (χ3v) is 3.00. The molecule has 1 aliphatic rings. The van der Waals surface area contributed by atoms with Crippen molar-refractivity contribution in [2.24, 2.45) is 11.8 Å². The summed E-state index contributed by atoms with van der Waals surface area (Å²) in [6.45, 7) is 12.0. The average Bonchev–Trinajstić information content (AvgIpc) is 2.34. The fraction of sp³-hybridized carbons (Fsp3) is 0.929. The minimum Gasteiger partial charge on any atom is -0.300 e. The van der Waals surface area contributed by atoms with Crippen molar-refractivity contribution in [1.29, 1.82) is 0 Å². The van der Waals surface area contributed by atoms with Crippen LogP contribution in [0.2, 0.25) is 0 Å². The molecule has 92 valence electrons. The molecule has 0 aromatic heterocycles. The number of rotatable bonds is 2. The lowest BCUT2D eigenvalue weighted by atomic mass is 9.79. The van der Waals surface area contributed by atoms with Crippen LogP contribution >= 0.6 is 0 Å². The van der Waals surface area contributed by atoms with Gasteiger partial charge >= 0.3 is 0 Å². The molecule has 0 aliphatic heterocycles. The molecular formula is C14H30O. The van der Waals surface area contributed by atoms with E-state index in [1.807, 2.05) is 27.7 Å². The van der Waals surface area contributed by atoms with Crippen LogP contribution in [0.15, 0.2) is 0 Å². The van der Waals surface area contributed by atoms with Gasteiger partial charge in [0.1, 0.15) is 5.78 Å². The van der Waals surface area contributed by atoms with Crippen molar-refractivity contribution in [1.82, 2.24) is 0 Å². The van der Waals surface area contributed by atoms with Gasteiger partial charge in [-0.15, -0.1) is 0 Å². The van der Waals surface area contributed by atoms with Crippen molar-refractivity contribution in [2.45, 2.75) is 73.6 Å². The van der Waals surface area contributed by atoms with Gasteiger partial charge < -0.3 is 0 Å². The normalized spacial score (nSPS) is 24.1. The van der Waals surface area contributed by atoms with Gasteiger partial charge in [0.2, 0.25) is 0 Å².